The van der Waals surface area contributed by atoms with E-state index < -0.39 is 6.10 Å². The van der Waals surface area contributed by atoms with E-state index in [2.05, 4.69) is 81.5 Å². The first-order chi connectivity index (χ1) is 32.5. The van der Waals surface area contributed by atoms with Crippen LogP contribution in [-0.2, 0) is 28.6 Å². The lowest BCUT2D eigenvalue weighted by molar-refractivity contribution is -0.167. The predicted molar refractivity (Wildman–Crippen MR) is 284 cm³/mol. The standard InChI is InChI=1S/C60H106O6/c1-4-7-10-13-16-19-22-25-28-29-30-33-35-38-41-44-47-50-53-59(62)65-56-57(66-60(63)54-51-48-45-42-39-36-32-27-24-21-18-15-12-9-6-3)55-64-58(61)52-49-46-43-40-37-34-31-26-23-20-17-14-11-8-5-2/h9,12,15,17-18,20-21,23-24,26,57H,4-8,10-11,13-14,16,19,22,25,27-56H2,1-3H3/b12-9-,18-15-,20-17-,24-21-,26-23-. The zero-order chi connectivity index (χ0) is 47.9. The topological polar surface area (TPSA) is 78.9 Å². The molecule has 0 rings (SSSR count). The number of hydrogen-bond donors (Lipinski definition) is 0. The van der Waals surface area contributed by atoms with E-state index >= 15 is 0 Å². The normalized spacial score (nSPS) is 12.5. The van der Waals surface area contributed by atoms with Crippen molar-refractivity contribution in [1.29, 1.82) is 0 Å². The molecule has 0 aromatic rings. The first-order valence-electron chi connectivity index (χ1n) is 28.3. The maximum atomic E-state index is 12.8. The number of esters is 3. The van der Waals surface area contributed by atoms with Crippen LogP contribution in [0, 0.1) is 0 Å². The van der Waals surface area contributed by atoms with Crippen molar-refractivity contribution in [3.8, 4) is 0 Å². The fourth-order valence-corrected chi connectivity index (χ4v) is 8.08. The number of carbonyl (C=O) groups is 3. The number of unbranched alkanes of at least 4 members (excludes halogenated alkanes) is 33. The summed E-state index contributed by atoms with van der Waals surface area (Å²) in [5, 5.41) is 0. The summed E-state index contributed by atoms with van der Waals surface area (Å²) in [4.78, 5) is 38.1. The molecule has 0 aliphatic rings. The molecule has 382 valence electrons. The van der Waals surface area contributed by atoms with Gasteiger partial charge in [-0.3, -0.25) is 14.4 Å². The van der Waals surface area contributed by atoms with Crippen LogP contribution in [0.15, 0.2) is 60.8 Å². The minimum Gasteiger partial charge on any atom is -0.462 e. The highest BCUT2D eigenvalue weighted by Crippen LogP contribution is 2.16. The molecule has 0 radical (unpaired) electrons. The van der Waals surface area contributed by atoms with Crippen LogP contribution in [0.5, 0.6) is 0 Å². The summed E-state index contributed by atoms with van der Waals surface area (Å²) in [6, 6.07) is 0. The summed E-state index contributed by atoms with van der Waals surface area (Å²) in [7, 11) is 0. The number of ether oxygens (including phenoxy) is 3. The van der Waals surface area contributed by atoms with Gasteiger partial charge in [-0.25, -0.2) is 0 Å². The average molecular weight is 924 g/mol. The van der Waals surface area contributed by atoms with Crippen molar-refractivity contribution in [3.63, 3.8) is 0 Å². The van der Waals surface area contributed by atoms with Crippen molar-refractivity contribution in [3.05, 3.63) is 60.8 Å². The third-order valence-corrected chi connectivity index (χ3v) is 12.3. The van der Waals surface area contributed by atoms with Gasteiger partial charge >= 0.3 is 17.9 Å². The summed E-state index contributed by atoms with van der Waals surface area (Å²) < 4.78 is 16.9. The molecule has 0 aliphatic heterocycles. The molecule has 1 atom stereocenters. The number of rotatable bonds is 51. The van der Waals surface area contributed by atoms with Gasteiger partial charge in [0.15, 0.2) is 6.10 Å². The van der Waals surface area contributed by atoms with E-state index in [0.29, 0.717) is 19.3 Å². The van der Waals surface area contributed by atoms with E-state index in [4.69, 9.17) is 14.2 Å². The molecule has 0 aliphatic carbocycles. The first kappa shape index (κ1) is 63.1. The largest absolute Gasteiger partial charge is 0.462 e. The Labute approximate surface area is 409 Å². The Morgan fingerprint density at radius 3 is 0.955 bits per heavy atom. The molecule has 0 amide bonds. The highest BCUT2D eigenvalue weighted by atomic mass is 16.6. The van der Waals surface area contributed by atoms with E-state index in [-0.39, 0.29) is 31.1 Å². The van der Waals surface area contributed by atoms with E-state index in [0.717, 1.165) is 77.0 Å². The van der Waals surface area contributed by atoms with E-state index in [1.54, 1.807) is 0 Å². The van der Waals surface area contributed by atoms with E-state index in [9.17, 15) is 14.4 Å². The van der Waals surface area contributed by atoms with Crippen LogP contribution in [-0.4, -0.2) is 37.2 Å². The Morgan fingerprint density at radius 2 is 0.591 bits per heavy atom. The van der Waals surface area contributed by atoms with Crippen molar-refractivity contribution in [2.45, 2.75) is 290 Å². The van der Waals surface area contributed by atoms with Crippen molar-refractivity contribution in [1.82, 2.24) is 0 Å². The van der Waals surface area contributed by atoms with Gasteiger partial charge in [-0.05, 0) is 64.2 Å². The second kappa shape index (κ2) is 54.7. The van der Waals surface area contributed by atoms with Gasteiger partial charge in [0.05, 0.1) is 0 Å². The molecule has 0 fully saturated rings. The van der Waals surface area contributed by atoms with E-state index in [1.807, 2.05) is 0 Å². The van der Waals surface area contributed by atoms with Gasteiger partial charge in [0.2, 0.25) is 0 Å². The molecule has 0 aromatic heterocycles. The van der Waals surface area contributed by atoms with Crippen LogP contribution in [0.4, 0.5) is 0 Å². The summed E-state index contributed by atoms with van der Waals surface area (Å²) >= 11 is 0. The average Bonchev–Trinajstić information content (AvgIpc) is 3.31. The predicted octanol–water partition coefficient (Wildman–Crippen LogP) is 18.8. The molecular weight excluding hydrogens is 817 g/mol. The van der Waals surface area contributed by atoms with E-state index in [1.165, 1.54) is 167 Å². The Balaban J connectivity index is 4.37. The van der Waals surface area contributed by atoms with Crippen LogP contribution >= 0.6 is 0 Å². The fraction of sp³-hybridized carbons (Fsp3) is 0.783. The first-order valence-corrected chi connectivity index (χ1v) is 28.3. The molecule has 0 saturated carbocycles. The Kier molecular flexibility index (Phi) is 52.3. The maximum absolute atomic E-state index is 12.8. The Bertz CT molecular complexity index is 1200. The van der Waals surface area contributed by atoms with Gasteiger partial charge in [-0.15, -0.1) is 0 Å². The Morgan fingerprint density at radius 1 is 0.318 bits per heavy atom. The van der Waals surface area contributed by atoms with Crippen molar-refractivity contribution >= 4 is 17.9 Å². The van der Waals surface area contributed by atoms with Gasteiger partial charge in [-0.1, -0.05) is 261 Å². The summed E-state index contributed by atoms with van der Waals surface area (Å²) in [5.41, 5.74) is 0. The molecule has 6 heteroatoms. The molecule has 0 heterocycles. The van der Waals surface area contributed by atoms with Gasteiger partial charge in [0.1, 0.15) is 13.2 Å². The molecule has 1 unspecified atom stereocenters. The SMILES string of the molecule is CC\C=C/C=C\C=C/CCCCCCCCCC(=O)OC(COC(=O)CCCCCCCC/C=C\C=C/CCCCC)COC(=O)CCCCCCCCCCCCCCCCCCCC. The summed E-state index contributed by atoms with van der Waals surface area (Å²) in [6.07, 6.45) is 67.8. The molecule has 0 N–H and O–H groups in total. The number of carbonyl (C=O) groups excluding carboxylic acids is 3. The van der Waals surface area contributed by atoms with Crippen LogP contribution < -0.4 is 0 Å². The summed E-state index contributed by atoms with van der Waals surface area (Å²) in [6.45, 7) is 6.49. The minimum absolute atomic E-state index is 0.0806. The van der Waals surface area contributed by atoms with Crippen LogP contribution in [0.25, 0.3) is 0 Å². The Hall–Kier alpha value is -2.89. The molecule has 6 nitrogen and oxygen atoms in total. The van der Waals surface area contributed by atoms with Crippen molar-refractivity contribution in [2.24, 2.45) is 0 Å². The molecule has 0 aromatic carbocycles. The second-order valence-electron chi connectivity index (χ2n) is 18.9. The third kappa shape index (κ3) is 52.1. The van der Waals surface area contributed by atoms with Gasteiger partial charge in [0.25, 0.3) is 0 Å². The van der Waals surface area contributed by atoms with Crippen LogP contribution in [0.2, 0.25) is 0 Å². The molecule has 0 saturated heterocycles. The maximum Gasteiger partial charge on any atom is 0.306 e. The zero-order valence-corrected chi connectivity index (χ0v) is 43.7. The lowest BCUT2D eigenvalue weighted by Crippen LogP contribution is -2.30. The minimum atomic E-state index is -0.784. The van der Waals surface area contributed by atoms with Gasteiger partial charge < -0.3 is 14.2 Å². The van der Waals surface area contributed by atoms with Gasteiger partial charge in [-0.2, -0.15) is 0 Å². The summed E-state index contributed by atoms with van der Waals surface area (Å²) in [5.74, 6) is -0.894. The quantitative estimate of drug-likeness (QED) is 0.0262. The molecule has 0 spiro atoms. The molecule has 66 heavy (non-hydrogen) atoms. The molecular formula is C60H106O6. The lowest BCUT2D eigenvalue weighted by Gasteiger charge is -2.18. The second-order valence-corrected chi connectivity index (χ2v) is 18.9. The van der Waals surface area contributed by atoms with Crippen LogP contribution in [0.1, 0.15) is 284 Å². The monoisotopic (exact) mass is 923 g/mol. The highest BCUT2D eigenvalue weighted by molar-refractivity contribution is 5.71. The number of allylic oxidation sites excluding steroid dienone is 10. The lowest BCUT2D eigenvalue weighted by atomic mass is 10.0. The number of hydrogen-bond acceptors (Lipinski definition) is 6. The third-order valence-electron chi connectivity index (χ3n) is 12.3. The van der Waals surface area contributed by atoms with Crippen molar-refractivity contribution in [2.75, 3.05) is 13.2 Å². The smallest absolute Gasteiger partial charge is 0.306 e. The van der Waals surface area contributed by atoms with Gasteiger partial charge in [0, 0.05) is 19.3 Å². The van der Waals surface area contributed by atoms with Crippen LogP contribution in [0.3, 0.4) is 0 Å². The fourth-order valence-electron chi connectivity index (χ4n) is 8.08. The van der Waals surface area contributed by atoms with Crippen molar-refractivity contribution < 1.29 is 28.6 Å². The molecule has 0 bridgehead atoms. The highest BCUT2D eigenvalue weighted by Gasteiger charge is 2.19. The zero-order valence-electron chi connectivity index (χ0n) is 43.7.